The lowest BCUT2D eigenvalue weighted by atomic mass is 10.0. The number of allylic oxidation sites excluding steroid dienone is 5. The van der Waals surface area contributed by atoms with Gasteiger partial charge in [0.25, 0.3) is 0 Å². The number of nitrogens with zero attached hydrogens (tertiary/aromatic N) is 2. The van der Waals surface area contributed by atoms with Crippen LogP contribution in [0, 0.1) is 31.1 Å². The second-order valence-corrected chi connectivity index (χ2v) is 11.6. The van der Waals surface area contributed by atoms with Crippen LogP contribution in [0.5, 0.6) is 0 Å². The van der Waals surface area contributed by atoms with Crippen LogP contribution in [-0.4, -0.2) is 0 Å². The van der Waals surface area contributed by atoms with Crippen molar-refractivity contribution in [1.29, 1.82) is 0 Å². The van der Waals surface area contributed by atoms with E-state index in [1.807, 2.05) is 24.3 Å². The van der Waals surface area contributed by atoms with E-state index in [0.29, 0.717) is 6.42 Å². The van der Waals surface area contributed by atoms with E-state index in [-0.39, 0.29) is 0 Å². The number of fused-ring (bicyclic) bond motifs is 1. The SMILES string of the molecule is C#C/C=C\c1c(C)cccc1N(c1ccccc1)c1ccc(-c2ccc(N(C3=CC=CC#CC3)c3cccc4ccccc34)cc2)cc1. The third-order valence-electron chi connectivity index (χ3n) is 8.62. The van der Waals surface area contributed by atoms with Gasteiger partial charge in [-0.2, -0.15) is 0 Å². The van der Waals surface area contributed by atoms with Crippen LogP contribution in [0.3, 0.4) is 0 Å². The fourth-order valence-corrected chi connectivity index (χ4v) is 6.30. The van der Waals surface area contributed by atoms with E-state index in [2.05, 4.69) is 174 Å². The maximum atomic E-state index is 5.60. The molecule has 0 bridgehead atoms. The summed E-state index contributed by atoms with van der Waals surface area (Å²) in [6.45, 7) is 2.12. The normalized spacial score (nSPS) is 12.1. The highest BCUT2D eigenvalue weighted by molar-refractivity contribution is 5.97. The minimum atomic E-state index is 0.665. The van der Waals surface area contributed by atoms with E-state index >= 15 is 0 Å². The maximum Gasteiger partial charge on any atom is 0.0537 e. The zero-order valence-corrected chi connectivity index (χ0v) is 26.8. The van der Waals surface area contributed by atoms with Crippen LogP contribution in [0.25, 0.3) is 28.0 Å². The first-order valence-electron chi connectivity index (χ1n) is 16.1. The van der Waals surface area contributed by atoms with Crippen LogP contribution >= 0.6 is 0 Å². The molecule has 0 aromatic heterocycles. The number of anilines is 5. The fourth-order valence-electron chi connectivity index (χ4n) is 6.30. The zero-order valence-electron chi connectivity index (χ0n) is 26.8. The molecular formula is C46H34N2. The Morgan fingerprint density at radius 1 is 0.646 bits per heavy atom. The molecule has 2 nitrogen and oxygen atoms in total. The molecule has 2 heteroatoms. The van der Waals surface area contributed by atoms with Gasteiger partial charge in [0.1, 0.15) is 0 Å². The van der Waals surface area contributed by atoms with Crippen molar-refractivity contribution in [2.24, 2.45) is 0 Å². The van der Waals surface area contributed by atoms with Crippen LogP contribution in [-0.2, 0) is 0 Å². The number of aryl methyl sites for hydroxylation is 1. The van der Waals surface area contributed by atoms with Gasteiger partial charge in [0, 0.05) is 33.7 Å². The first-order valence-corrected chi connectivity index (χ1v) is 16.1. The first kappa shape index (κ1) is 30.2. The van der Waals surface area contributed by atoms with Gasteiger partial charge in [-0.3, -0.25) is 0 Å². The molecule has 0 amide bonds. The van der Waals surface area contributed by atoms with Crippen molar-refractivity contribution in [3.8, 4) is 35.3 Å². The molecule has 7 rings (SSSR count). The molecule has 48 heavy (non-hydrogen) atoms. The van der Waals surface area contributed by atoms with Gasteiger partial charge in [0.05, 0.1) is 17.8 Å². The highest BCUT2D eigenvalue weighted by atomic mass is 15.2. The summed E-state index contributed by atoms with van der Waals surface area (Å²) < 4.78 is 0. The van der Waals surface area contributed by atoms with E-state index in [0.717, 1.165) is 56.4 Å². The smallest absolute Gasteiger partial charge is 0.0537 e. The molecule has 6 aromatic carbocycles. The predicted octanol–water partition coefficient (Wildman–Crippen LogP) is 11.9. The molecule has 0 saturated carbocycles. The molecule has 1 aliphatic carbocycles. The Labute approximate surface area is 283 Å². The Kier molecular flexibility index (Phi) is 8.73. The second-order valence-electron chi connectivity index (χ2n) is 11.6. The Morgan fingerprint density at radius 2 is 1.27 bits per heavy atom. The van der Waals surface area contributed by atoms with Gasteiger partial charge in [-0.25, -0.2) is 0 Å². The van der Waals surface area contributed by atoms with Crippen LogP contribution < -0.4 is 9.80 Å². The van der Waals surface area contributed by atoms with Crippen molar-refractivity contribution in [2.45, 2.75) is 13.3 Å². The predicted molar refractivity (Wildman–Crippen MR) is 205 cm³/mol. The van der Waals surface area contributed by atoms with Gasteiger partial charge in [0.15, 0.2) is 0 Å². The topological polar surface area (TPSA) is 6.48 Å². The van der Waals surface area contributed by atoms with Crippen LogP contribution in [0.4, 0.5) is 28.4 Å². The van der Waals surface area contributed by atoms with Crippen molar-refractivity contribution in [2.75, 3.05) is 9.80 Å². The summed E-state index contributed by atoms with van der Waals surface area (Å²) in [7, 11) is 0. The molecule has 6 aromatic rings. The summed E-state index contributed by atoms with van der Waals surface area (Å²) in [4.78, 5) is 4.63. The van der Waals surface area contributed by atoms with Gasteiger partial charge in [-0.05, 0) is 102 Å². The molecular weight excluding hydrogens is 581 g/mol. The molecule has 0 N–H and O–H groups in total. The third kappa shape index (κ3) is 6.17. The van der Waals surface area contributed by atoms with E-state index in [1.165, 1.54) is 10.8 Å². The van der Waals surface area contributed by atoms with Gasteiger partial charge >= 0.3 is 0 Å². The third-order valence-corrected chi connectivity index (χ3v) is 8.62. The van der Waals surface area contributed by atoms with Gasteiger partial charge in [-0.15, -0.1) is 6.42 Å². The molecule has 0 heterocycles. The summed E-state index contributed by atoms with van der Waals surface area (Å²) in [5.41, 5.74) is 11.2. The average molecular weight is 615 g/mol. The van der Waals surface area contributed by atoms with Crippen LogP contribution in [0.2, 0.25) is 0 Å². The fraction of sp³-hybridized carbons (Fsp3) is 0.0435. The molecule has 228 valence electrons. The van der Waals surface area contributed by atoms with Gasteiger partial charge < -0.3 is 9.80 Å². The number of hydrogen-bond donors (Lipinski definition) is 0. The summed E-state index contributed by atoms with van der Waals surface area (Å²) in [5, 5.41) is 2.42. The highest BCUT2D eigenvalue weighted by Crippen LogP contribution is 2.40. The first-order chi connectivity index (χ1) is 23.7. The Bertz CT molecular complexity index is 2260. The average Bonchev–Trinajstić information content (AvgIpc) is 3.42. The Balaban J connectivity index is 1.25. The maximum absolute atomic E-state index is 5.60. The van der Waals surface area contributed by atoms with E-state index in [4.69, 9.17) is 6.42 Å². The van der Waals surface area contributed by atoms with Crippen LogP contribution in [0.1, 0.15) is 17.5 Å². The van der Waals surface area contributed by atoms with Crippen LogP contribution in [0.15, 0.2) is 170 Å². The number of terminal acetylenes is 1. The number of hydrogen-bond acceptors (Lipinski definition) is 2. The molecule has 0 unspecified atom stereocenters. The van der Waals surface area contributed by atoms with Crippen molar-refractivity contribution in [1.82, 2.24) is 0 Å². The molecule has 0 fully saturated rings. The lowest BCUT2D eigenvalue weighted by Gasteiger charge is -2.28. The highest BCUT2D eigenvalue weighted by Gasteiger charge is 2.18. The molecule has 0 spiro atoms. The molecule has 0 aliphatic heterocycles. The monoisotopic (exact) mass is 614 g/mol. The zero-order chi connectivity index (χ0) is 32.7. The summed E-state index contributed by atoms with van der Waals surface area (Å²) in [6.07, 6.45) is 16.2. The summed E-state index contributed by atoms with van der Waals surface area (Å²) in [6, 6.07) is 49.5. The number of benzene rings is 6. The van der Waals surface area contributed by atoms with Crippen molar-refractivity contribution in [3.05, 3.63) is 181 Å². The second kappa shape index (κ2) is 13.9. The van der Waals surface area contributed by atoms with Crippen molar-refractivity contribution >= 4 is 45.3 Å². The quantitative estimate of drug-likeness (QED) is 0.157. The largest absolute Gasteiger partial charge is 0.313 e. The van der Waals surface area contributed by atoms with E-state index < -0.39 is 0 Å². The standard InChI is InChI=1S/C46H34N2/c1-3-4-23-43-35(2)16-14-25-45(43)47(39-21-10-7-11-22-39)41-31-27-36(28-32-41)37-29-33-42(34-30-37)48(40-19-8-5-6-9-20-40)46-26-15-18-38-17-12-13-24-44(38)46/h1,4-5,7-8,10-19,21-34H,20H2,2H3/b23-4-. The Hall–Kier alpha value is -6.48. The minimum Gasteiger partial charge on any atom is -0.313 e. The van der Waals surface area contributed by atoms with Gasteiger partial charge in [0.2, 0.25) is 0 Å². The molecule has 0 radical (unpaired) electrons. The summed E-state index contributed by atoms with van der Waals surface area (Å²) in [5.74, 6) is 9.07. The molecule has 0 saturated heterocycles. The minimum absolute atomic E-state index is 0.665. The number of para-hydroxylation sites is 1. The lowest BCUT2D eigenvalue weighted by Crippen LogP contribution is -2.16. The van der Waals surface area contributed by atoms with E-state index in [9.17, 15) is 0 Å². The summed E-state index contributed by atoms with van der Waals surface area (Å²) >= 11 is 0. The lowest BCUT2D eigenvalue weighted by molar-refractivity contribution is 1.10. The van der Waals surface area contributed by atoms with Gasteiger partial charge in [-0.1, -0.05) is 115 Å². The van der Waals surface area contributed by atoms with Crippen molar-refractivity contribution < 1.29 is 0 Å². The van der Waals surface area contributed by atoms with E-state index in [1.54, 1.807) is 6.08 Å². The Morgan fingerprint density at radius 3 is 2.02 bits per heavy atom. The number of rotatable bonds is 8. The molecule has 0 atom stereocenters. The van der Waals surface area contributed by atoms with Crippen molar-refractivity contribution in [3.63, 3.8) is 0 Å². The molecule has 1 aliphatic rings.